The summed E-state index contributed by atoms with van der Waals surface area (Å²) >= 11 is 0. The van der Waals surface area contributed by atoms with Gasteiger partial charge in [-0.1, -0.05) is 20.8 Å². The molecule has 1 aliphatic rings. The van der Waals surface area contributed by atoms with Crippen LogP contribution in [0, 0.1) is 11.8 Å². The molecule has 1 aliphatic heterocycles. The van der Waals surface area contributed by atoms with Crippen LogP contribution >= 0.6 is 0 Å². The SMILES string of the molecule is CC(C)C1OC(C)C(C)C(O)C1O. The number of aliphatic hydroxyl groups excluding tert-OH is 2. The molecule has 0 aromatic heterocycles. The van der Waals surface area contributed by atoms with E-state index >= 15 is 0 Å². The highest BCUT2D eigenvalue weighted by Crippen LogP contribution is 2.28. The average molecular weight is 188 g/mol. The predicted octanol–water partition coefficient (Wildman–Crippen LogP) is 0.788. The molecule has 0 radical (unpaired) electrons. The first-order valence-electron chi connectivity index (χ1n) is 4.96. The van der Waals surface area contributed by atoms with Crippen molar-refractivity contribution in [2.75, 3.05) is 0 Å². The predicted molar refractivity (Wildman–Crippen MR) is 50.4 cm³/mol. The van der Waals surface area contributed by atoms with Crippen molar-refractivity contribution in [3.8, 4) is 0 Å². The molecule has 0 saturated carbocycles. The zero-order chi connectivity index (χ0) is 10.2. The summed E-state index contributed by atoms with van der Waals surface area (Å²) in [5, 5.41) is 19.4. The summed E-state index contributed by atoms with van der Waals surface area (Å²) in [6, 6.07) is 0. The van der Waals surface area contributed by atoms with Crippen LogP contribution in [0.3, 0.4) is 0 Å². The van der Waals surface area contributed by atoms with E-state index in [0.29, 0.717) is 0 Å². The summed E-state index contributed by atoms with van der Waals surface area (Å²) in [4.78, 5) is 0. The van der Waals surface area contributed by atoms with Gasteiger partial charge in [-0.2, -0.15) is 0 Å². The summed E-state index contributed by atoms with van der Waals surface area (Å²) in [7, 11) is 0. The summed E-state index contributed by atoms with van der Waals surface area (Å²) in [5.74, 6) is 0.240. The van der Waals surface area contributed by atoms with Crippen molar-refractivity contribution in [1.29, 1.82) is 0 Å². The van der Waals surface area contributed by atoms with Crippen LogP contribution in [0.4, 0.5) is 0 Å². The summed E-state index contributed by atoms with van der Waals surface area (Å²) in [6.45, 7) is 7.82. The largest absolute Gasteiger partial charge is 0.390 e. The summed E-state index contributed by atoms with van der Waals surface area (Å²) in [6.07, 6.45) is -1.62. The molecule has 1 heterocycles. The standard InChI is InChI=1S/C10H20O3/c1-5(2)10-9(12)8(11)6(3)7(4)13-10/h5-12H,1-4H3. The maximum atomic E-state index is 9.72. The van der Waals surface area contributed by atoms with Crippen molar-refractivity contribution in [3.05, 3.63) is 0 Å². The molecule has 0 amide bonds. The second kappa shape index (κ2) is 3.95. The maximum Gasteiger partial charge on any atom is 0.107 e. The molecular formula is C10H20O3. The Morgan fingerprint density at radius 2 is 1.62 bits per heavy atom. The molecule has 13 heavy (non-hydrogen) atoms. The Hall–Kier alpha value is -0.120. The number of aliphatic hydroxyl groups is 2. The van der Waals surface area contributed by atoms with Gasteiger partial charge in [0.25, 0.3) is 0 Å². The Labute approximate surface area is 79.7 Å². The van der Waals surface area contributed by atoms with Crippen LogP contribution < -0.4 is 0 Å². The first-order valence-corrected chi connectivity index (χ1v) is 4.96. The second-order valence-corrected chi connectivity index (χ2v) is 4.39. The van der Waals surface area contributed by atoms with Gasteiger partial charge in [-0.05, 0) is 12.8 Å². The van der Waals surface area contributed by atoms with Gasteiger partial charge in [-0.15, -0.1) is 0 Å². The van der Waals surface area contributed by atoms with Crippen LogP contribution in [-0.4, -0.2) is 34.6 Å². The van der Waals surface area contributed by atoms with Crippen molar-refractivity contribution in [2.45, 2.75) is 52.1 Å². The van der Waals surface area contributed by atoms with Crippen molar-refractivity contribution in [3.63, 3.8) is 0 Å². The Bertz CT molecular complexity index is 170. The van der Waals surface area contributed by atoms with Crippen molar-refractivity contribution < 1.29 is 14.9 Å². The molecule has 5 atom stereocenters. The third-order valence-corrected chi connectivity index (χ3v) is 2.99. The van der Waals surface area contributed by atoms with E-state index in [2.05, 4.69) is 0 Å². The van der Waals surface area contributed by atoms with E-state index < -0.39 is 12.2 Å². The number of rotatable bonds is 1. The summed E-state index contributed by atoms with van der Waals surface area (Å²) in [5.41, 5.74) is 0. The van der Waals surface area contributed by atoms with Gasteiger partial charge in [0.1, 0.15) is 6.10 Å². The monoisotopic (exact) mass is 188 g/mol. The molecular weight excluding hydrogens is 168 g/mol. The van der Waals surface area contributed by atoms with Gasteiger partial charge >= 0.3 is 0 Å². The summed E-state index contributed by atoms with van der Waals surface area (Å²) < 4.78 is 5.63. The molecule has 0 bridgehead atoms. The number of ether oxygens (including phenoxy) is 1. The molecule has 0 aliphatic carbocycles. The molecule has 3 heteroatoms. The highest BCUT2D eigenvalue weighted by Gasteiger charge is 2.41. The molecule has 1 rings (SSSR count). The van der Waals surface area contributed by atoms with E-state index in [9.17, 15) is 10.2 Å². The zero-order valence-electron chi connectivity index (χ0n) is 8.77. The number of hydrogen-bond acceptors (Lipinski definition) is 3. The Morgan fingerprint density at radius 1 is 1.08 bits per heavy atom. The van der Waals surface area contributed by atoms with E-state index in [1.807, 2.05) is 27.7 Å². The highest BCUT2D eigenvalue weighted by molar-refractivity contribution is 4.89. The lowest BCUT2D eigenvalue weighted by Gasteiger charge is -2.42. The van der Waals surface area contributed by atoms with Gasteiger partial charge in [-0.25, -0.2) is 0 Å². The van der Waals surface area contributed by atoms with Crippen molar-refractivity contribution in [2.24, 2.45) is 11.8 Å². The molecule has 1 saturated heterocycles. The lowest BCUT2D eigenvalue weighted by Crippen LogP contribution is -2.54. The average Bonchev–Trinajstić information content (AvgIpc) is 2.07. The Morgan fingerprint density at radius 3 is 2.08 bits per heavy atom. The minimum atomic E-state index is -0.744. The minimum Gasteiger partial charge on any atom is -0.390 e. The topological polar surface area (TPSA) is 49.7 Å². The first kappa shape index (κ1) is 11.0. The first-order chi connectivity index (χ1) is 5.95. The van der Waals surface area contributed by atoms with Crippen molar-refractivity contribution in [1.82, 2.24) is 0 Å². The Balaban J connectivity index is 2.70. The molecule has 1 fully saturated rings. The van der Waals surface area contributed by atoms with Gasteiger partial charge in [0.2, 0.25) is 0 Å². The normalized spacial score (nSPS) is 46.8. The smallest absolute Gasteiger partial charge is 0.107 e. The van der Waals surface area contributed by atoms with Gasteiger partial charge in [0.15, 0.2) is 0 Å². The molecule has 2 N–H and O–H groups in total. The van der Waals surface area contributed by atoms with E-state index in [1.54, 1.807) is 0 Å². The number of hydrogen-bond donors (Lipinski definition) is 2. The fourth-order valence-corrected chi connectivity index (χ4v) is 1.79. The fourth-order valence-electron chi connectivity index (χ4n) is 1.79. The molecule has 0 aromatic rings. The van der Waals surface area contributed by atoms with Crippen LogP contribution in [0.5, 0.6) is 0 Å². The van der Waals surface area contributed by atoms with E-state index in [0.717, 1.165) is 0 Å². The van der Waals surface area contributed by atoms with Gasteiger partial charge in [0.05, 0.1) is 18.3 Å². The van der Waals surface area contributed by atoms with Crippen LogP contribution in [-0.2, 0) is 4.74 Å². The van der Waals surface area contributed by atoms with Crippen molar-refractivity contribution >= 4 is 0 Å². The molecule has 5 unspecified atom stereocenters. The van der Waals surface area contributed by atoms with Gasteiger partial charge in [0, 0.05) is 5.92 Å². The van der Waals surface area contributed by atoms with Crippen LogP contribution in [0.25, 0.3) is 0 Å². The Kier molecular flexibility index (Phi) is 3.33. The quantitative estimate of drug-likeness (QED) is 0.639. The van der Waals surface area contributed by atoms with E-state index in [1.165, 1.54) is 0 Å². The third kappa shape index (κ3) is 2.03. The van der Waals surface area contributed by atoms with Gasteiger partial charge in [-0.3, -0.25) is 0 Å². The molecule has 0 aromatic carbocycles. The van der Waals surface area contributed by atoms with Crippen LogP contribution in [0.1, 0.15) is 27.7 Å². The van der Waals surface area contributed by atoms with Gasteiger partial charge < -0.3 is 14.9 Å². The molecule has 0 spiro atoms. The third-order valence-electron chi connectivity index (χ3n) is 2.99. The second-order valence-electron chi connectivity index (χ2n) is 4.39. The highest BCUT2D eigenvalue weighted by atomic mass is 16.5. The fraction of sp³-hybridized carbons (Fsp3) is 1.00. The van der Waals surface area contributed by atoms with E-state index in [4.69, 9.17) is 4.74 Å². The van der Waals surface area contributed by atoms with Crippen LogP contribution in [0.15, 0.2) is 0 Å². The molecule has 78 valence electrons. The lowest BCUT2D eigenvalue weighted by atomic mass is 9.85. The van der Waals surface area contributed by atoms with Crippen LogP contribution in [0.2, 0.25) is 0 Å². The lowest BCUT2D eigenvalue weighted by molar-refractivity contribution is -0.202. The minimum absolute atomic E-state index is 0.00463. The zero-order valence-corrected chi connectivity index (χ0v) is 8.77. The maximum absolute atomic E-state index is 9.72. The molecule has 3 nitrogen and oxygen atoms in total. The van der Waals surface area contributed by atoms with E-state index in [-0.39, 0.29) is 24.0 Å².